The molecule has 1 aromatic heterocycles. The fraction of sp³-hybridized carbons (Fsp3) is 0.333. The Morgan fingerprint density at radius 2 is 1.95 bits per heavy atom. The number of rotatable bonds is 6. The van der Waals surface area contributed by atoms with Gasteiger partial charge in [-0.15, -0.1) is 0 Å². The molecule has 2 rings (SSSR count). The standard InChI is InChI=1S/C15H18BrNO3/c1-4-17-9-13-10(7-8-20-13)11-5-6-12(18-2)14(16)15(11)19-3/h5-8,17H,4,9H2,1-3H3. The van der Waals surface area contributed by atoms with Crippen molar-refractivity contribution in [3.8, 4) is 22.6 Å². The number of hydrogen-bond acceptors (Lipinski definition) is 4. The number of methoxy groups -OCH3 is 2. The van der Waals surface area contributed by atoms with Crippen molar-refractivity contribution in [1.29, 1.82) is 0 Å². The van der Waals surface area contributed by atoms with Gasteiger partial charge in [0.05, 0.1) is 27.0 Å². The Bertz CT molecular complexity index is 580. The lowest BCUT2D eigenvalue weighted by Crippen LogP contribution is -2.11. The molecule has 0 bridgehead atoms. The van der Waals surface area contributed by atoms with E-state index in [1.54, 1.807) is 20.5 Å². The van der Waals surface area contributed by atoms with E-state index in [0.717, 1.165) is 39.4 Å². The van der Waals surface area contributed by atoms with Crippen molar-refractivity contribution in [3.63, 3.8) is 0 Å². The Labute approximate surface area is 127 Å². The largest absolute Gasteiger partial charge is 0.495 e. The zero-order valence-electron chi connectivity index (χ0n) is 11.8. The number of halogens is 1. The monoisotopic (exact) mass is 339 g/mol. The first-order chi connectivity index (χ1) is 9.72. The third-order valence-electron chi connectivity index (χ3n) is 3.06. The molecule has 0 fully saturated rings. The van der Waals surface area contributed by atoms with E-state index in [9.17, 15) is 0 Å². The number of furan rings is 1. The summed E-state index contributed by atoms with van der Waals surface area (Å²) in [5.41, 5.74) is 1.99. The summed E-state index contributed by atoms with van der Waals surface area (Å²) in [6.45, 7) is 3.64. The molecule has 108 valence electrons. The van der Waals surface area contributed by atoms with Crippen molar-refractivity contribution in [3.05, 3.63) is 34.7 Å². The average molecular weight is 340 g/mol. The van der Waals surface area contributed by atoms with E-state index in [-0.39, 0.29) is 0 Å². The maximum absolute atomic E-state index is 5.55. The molecule has 0 radical (unpaired) electrons. The van der Waals surface area contributed by atoms with Crippen molar-refractivity contribution in [2.24, 2.45) is 0 Å². The van der Waals surface area contributed by atoms with Crippen LogP contribution in [0.3, 0.4) is 0 Å². The highest BCUT2D eigenvalue weighted by Crippen LogP contribution is 2.43. The first-order valence-electron chi connectivity index (χ1n) is 6.40. The summed E-state index contributed by atoms with van der Waals surface area (Å²) in [6, 6.07) is 5.83. The Balaban J connectivity index is 2.47. The van der Waals surface area contributed by atoms with Gasteiger partial charge in [-0.1, -0.05) is 6.92 Å². The predicted molar refractivity (Wildman–Crippen MR) is 82.3 cm³/mol. The van der Waals surface area contributed by atoms with Crippen LogP contribution in [0.5, 0.6) is 11.5 Å². The molecule has 1 heterocycles. The molecule has 4 nitrogen and oxygen atoms in total. The Hall–Kier alpha value is -1.46. The lowest BCUT2D eigenvalue weighted by molar-refractivity contribution is 0.390. The highest BCUT2D eigenvalue weighted by Gasteiger charge is 2.17. The van der Waals surface area contributed by atoms with Crippen LogP contribution in [0, 0.1) is 0 Å². The summed E-state index contributed by atoms with van der Waals surface area (Å²) in [5.74, 6) is 2.37. The smallest absolute Gasteiger partial charge is 0.144 e. The van der Waals surface area contributed by atoms with Crippen LogP contribution in [0.4, 0.5) is 0 Å². The van der Waals surface area contributed by atoms with Crippen molar-refractivity contribution in [2.75, 3.05) is 20.8 Å². The zero-order chi connectivity index (χ0) is 14.5. The van der Waals surface area contributed by atoms with Crippen LogP contribution in [-0.2, 0) is 6.54 Å². The SMILES string of the molecule is CCNCc1occc1-c1ccc(OC)c(Br)c1OC. The third kappa shape index (κ3) is 2.83. The van der Waals surface area contributed by atoms with Gasteiger partial charge >= 0.3 is 0 Å². The molecule has 5 heteroatoms. The van der Waals surface area contributed by atoms with Gasteiger partial charge in [0, 0.05) is 11.1 Å². The minimum atomic E-state index is 0.686. The number of nitrogens with one attached hydrogen (secondary N) is 1. The van der Waals surface area contributed by atoms with Gasteiger partial charge in [-0.3, -0.25) is 0 Å². The first-order valence-corrected chi connectivity index (χ1v) is 7.20. The van der Waals surface area contributed by atoms with E-state index in [1.807, 2.05) is 18.2 Å². The summed E-state index contributed by atoms with van der Waals surface area (Å²) in [4.78, 5) is 0. The Morgan fingerprint density at radius 3 is 2.60 bits per heavy atom. The van der Waals surface area contributed by atoms with Crippen molar-refractivity contribution in [2.45, 2.75) is 13.5 Å². The molecule has 0 aliphatic heterocycles. The second-order valence-corrected chi connectivity index (χ2v) is 4.99. The van der Waals surface area contributed by atoms with Crippen LogP contribution in [0.1, 0.15) is 12.7 Å². The van der Waals surface area contributed by atoms with Crippen LogP contribution in [0.15, 0.2) is 33.4 Å². The third-order valence-corrected chi connectivity index (χ3v) is 3.81. The highest BCUT2D eigenvalue weighted by atomic mass is 79.9. The topological polar surface area (TPSA) is 43.6 Å². The molecular formula is C15H18BrNO3. The second kappa shape index (κ2) is 6.81. The van der Waals surface area contributed by atoms with E-state index in [4.69, 9.17) is 13.9 Å². The van der Waals surface area contributed by atoms with Crippen molar-refractivity contribution < 1.29 is 13.9 Å². The normalized spacial score (nSPS) is 10.6. The van der Waals surface area contributed by atoms with Crippen LogP contribution in [-0.4, -0.2) is 20.8 Å². The van der Waals surface area contributed by atoms with Gasteiger partial charge in [-0.2, -0.15) is 0 Å². The maximum Gasteiger partial charge on any atom is 0.144 e. The molecule has 0 atom stereocenters. The Morgan fingerprint density at radius 1 is 1.15 bits per heavy atom. The lowest BCUT2D eigenvalue weighted by Gasteiger charge is -2.13. The van der Waals surface area contributed by atoms with Gasteiger partial charge in [0.15, 0.2) is 0 Å². The fourth-order valence-electron chi connectivity index (χ4n) is 2.06. The van der Waals surface area contributed by atoms with Crippen LogP contribution in [0.2, 0.25) is 0 Å². The molecule has 0 aliphatic rings. The van der Waals surface area contributed by atoms with Gasteiger partial charge in [0.25, 0.3) is 0 Å². The number of benzene rings is 1. The molecule has 0 saturated carbocycles. The van der Waals surface area contributed by atoms with Crippen molar-refractivity contribution >= 4 is 15.9 Å². The van der Waals surface area contributed by atoms with Crippen molar-refractivity contribution in [1.82, 2.24) is 5.32 Å². The fourth-order valence-corrected chi connectivity index (χ4v) is 2.73. The minimum absolute atomic E-state index is 0.686. The quantitative estimate of drug-likeness (QED) is 0.868. The molecule has 1 aromatic carbocycles. The van der Waals surface area contributed by atoms with E-state index < -0.39 is 0 Å². The molecule has 0 unspecified atom stereocenters. The maximum atomic E-state index is 5.55. The minimum Gasteiger partial charge on any atom is -0.495 e. The Kier molecular flexibility index (Phi) is 5.09. The molecule has 1 N–H and O–H groups in total. The molecule has 0 aliphatic carbocycles. The molecule has 2 aromatic rings. The molecule has 0 saturated heterocycles. The number of hydrogen-bond donors (Lipinski definition) is 1. The predicted octanol–water partition coefficient (Wildman–Crippen LogP) is 3.84. The van der Waals surface area contributed by atoms with Crippen LogP contribution in [0.25, 0.3) is 11.1 Å². The lowest BCUT2D eigenvalue weighted by atomic mass is 10.0. The van der Waals surface area contributed by atoms with Gasteiger partial charge in [-0.05, 0) is 40.7 Å². The summed E-state index contributed by atoms with van der Waals surface area (Å²) >= 11 is 3.52. The van der Waals surface area contributed by atoms with Gasteiger partial charge in [0.1, 0.15) is 21.7 Å². The van der Waals surface area contributed by atoms with Crippen LogP contribution < -0.4 is 14.8 Å². The molecule has 0 amide bonds. The molecule has 20 heavy (non-hydrogen) atoms. The van der Waals surface area contributed by atoms with Crippen LogP contribution >= 0.6 is 15.9 Å². The van der Waals surface area contributed by atoms with Gasteiger partial charge in [0.2, 0.25) is 0 Å². The first kappa shape index (κ1) is 14.9. The average Bonchev–Trinajstić information content (AvgIpc) is 2.92. The molecular weight excluding hydrogens is 322 g/mol. The van der Waals surface area contributed by atoms with E-state index in [1.165, 1.54) is 0 Å². The van der Waals surface area contributed by atoms with E-state index >= 15 is 0 Å². The second-order valence-electron chi connectivity index (χ2n) is 4.20. The summed E-state index contributed by atoms with van der Waals surface area (Å²) < 4.78 is 17.2. The number of ether oxygens (including phenoxy) is 2. The van der Waals surface area contributed by atoms with Gasteiger partial charge in [-0.25, -0.2) is 0 Å². The van der Waals surface area contributed by atoms with E-state index in [0.29, 0.717) is 6.54 Å². The summed E-state index contributed by atoms with van der Waals surface area (Å²) in [7, 11) is 3.28. The van der Waals surface area contributed by atoms with E-state index in [2.05, 4.69) is 28.2 Å². The summed E-state index contributed by atoms with van der Waals surface area (Å²) in [5, 5.41) is 3.26. The summed E-state index contributed by atoms with van der Waals surface area (Å²) in [6.07, 6.45) is 1.69. The zero-order valence-corrected chi connectivity index (χ0v) is 13.4. The highest BCUT2D eigenvalue weighted by molar-refractivity contribution is 9.10. The van der Waals surface area contributed by atoms with Gasteiger partial charge < -0.3 is 19.2 Å². The molecule has 0 spiro atoms.